The summed E-state index contributed by atoms with van der Waals surface area (Å²) in [5.41, 5.74) is 5.59. The van der Waals surface area contributed by atoms with E-state index in [1.807, 2.05) is 0 Å². The average Bonchev–Trinajstić information content (AvgIpc) is 2.00. The third-order valence-electron chi connectivity index (χ3n) is 1.80. The Hall–Kier alpha value is -0.630. The molecule has 0 bridgehead atoms. The fourth-order valence-electron chi connectivity index (χ4n) is 0.927. The maximum atomic E-state index is 11.3. The molecule has 12 heavy (non-hydrogen) atoms. The van der Waals surface area contributed by atoms with Crippen molar-refractivity contribution in [2.45, 2.75) is 39.2 Å². The smallest absolute Gasteiger partial charge is 0.149 e. The molecule has 0 heterocycles. The quantitative estimate of drug-likeness (QED) is 0.617. The van der Waals surface area contributed by atoms with Crippen LogP contribution in [0.5, 0.6) is 0 Å². The van der Waals surface area contributed by atoms with Gasteiger partial charge in [0.25, 0.3) is 0 Å². The summed E-state index contributed by atoms with van der Waals surface area (Å²) in [4.78, 5) is 11.3. The van der Waals surface area contributed by atoms with Crippen molar-refractivity contribution in [1.82, 2.24) is 0 Å². The van der Waals surface area contributed by atoms with E-state index in [4.69, 9.17) is 5.73 Å². The lowest BCUT2D eigenvalue weighted by Gasteiger charge is -2.08. The van der Waals surface area contributed by atoms with Crippen LogP contribution in [0.3, 0.4) is 0 Å². The Morgan fingerprint density at radius 1 is 1.58 bits per heavy atom. The summed E-state index contributed by atoms with van der Waals surface area (Å²) in [7, 11) is 0. The Balaban J connectivity index is 3.63. The van der Waals surface area contributed by atoms with Gasteiger partial charge in [0.15, 0.2) is 0 Å². The third-order valence-corrected chi connectivity index (χ3v) is 1.80. The molecule has 0 radical (unpaired) electrons. The summed E-state index contributed by atoms with van der Waals surface area (Å²) in [5.74, 6) is 0.730. The van der Waals surface area contributed by atoms with Gasteiger partial charge < -0.3 is 5.73 Å². The largest absolute Gasteiger partial charge is 0.321 e. The monoisotopic (exact) mass is 169 g/mol. The van der Waals surface area contributed by atoms with Crippen LogP contribution in [0.25, 0.3) is 0 Å². The number of rotatable bonds is 6. The van der Waals surface area contributed by atoms with E-state index < -0.39 is 0 Å². The summed E-state index contributed by atoms with van der Waals surface area (Å²) in [6.45, 7) is 7.75. The van der Waals surface area contributed by atoms with Crippen molar-refractivity contribution in [2.75, 3.05) is 0 Å². The number of hydrogen-bond acceptors (Lipinski definition) is 2. The van der Waals surface area contributed by atoms with Gasteiger partial charge in [0, 0.05) is 6.42 Å². The van der Waals surface area contributed by atoms with Crippen LogP contribution >= 0.6 is 0 Å². The fraction of sp³-hybridized carbons (Fsp3) is 0.700. The number of carbonyl (C=O) groups excluding carboxylic acids is 1. The Morgan fingerprint density at radius 3 is 2.58 bits per heavy atom. The maximum Gasteiger partial charge on any atom is 0.149 e. The number of carbonyl (C=O) groups is 1. The predicted molar refractivity (Wildman–Crippen MR) is 51.9 cm³/mol. The first-order valence-electron chi connectivity index (χ1n) is 4.47. The fourth-order valence-corrected chi connectivity index (χ4v) is 0.927. The molecule has 0 fully saturated rings. The normalized spacial score (nSPS) is 13.0. The molecule has 2 nitrogen and oxygen atoms in total. The van der Waals surface area contributed by atoms with Gasteiger partial charge in [-0.3, -0.25) is 4.79 Å². The van der Waals surface area contributed by atoms with Gasteiger partial charge in [-0.05, 0) is 18.8 Å². The minimum absolute atomic E-state index is 0.156. The second-order valence-electron chi connectivity index (χ2n) is 3.53. The van der Waals surface area contributed by atoms with Crippen LogP contribution < -0.4 is 5.73 Å². The molecule has 0 aliphatic heterocycles. The van der Waals surface area contributed by atoms with Crippen molar-refractivity contribution < 1.29 is 4.79 Å². The number of nitrogens with two attached hydrogens (primary N) is 1. The Bertz CT molecular complexity index is 152. The molecule has 0 aliphatic rings. The van der Waals surface area contributed by atoms with Crippen molar-refractivity contribution in [1.29, 1.82) is 0 Å². The standard InChI is InChI=1S/C10H19NO/c1-4-5-9(11)10(12)7-6-8(2)3/h4,8-9H,1,5-7,11H2,2-3H3. The zero-order chi connectivity index (χ0) is 9.56. The average molecular weight is 169 g/mol. The highest BCUT2D eigenvalue weighted by molar-refractivity contribution is 5.83. The van der Waals surface area contributed by atoms with Crippen LogP contribution in [0.1, 0.15) is 33.1 Å². The molecule has 0 rings (SSSR count). The summed E-state index contributed by atoms with van der Waals surface area (Å²) in [6, 6.07) is -0.332. The minimum Gasteiger partial charge on any atom is -0.321 e. The topological polar surface area (TPSA) is 43.1 Å². The van der Waals surface area contributed by atoms with Gasteiger partial charge in [-0.1, -0.05) is 19.9 Å². The van der Waals surface area contributed by atoms with Crippen molar-refractivity contribution in [3.63, 3.8) is 0 Å². The highest BCUT2D eigenvalue weighted by Gasteiger charge is 2.11. The molecule has 2 N–H and O–H groups in total. The molecule has 0 saturated heterocycles. The Labute approximate surface area is 74.8 Å². The van der Waals surface area contributed by atoms with Crippen LogP contribution in [0.4, 0.5) is 0 Å². The van der Waals surface area contributed by atoms with Crippen LogP contribution in [0.2, 0.25) is 0 Å². The van der Waals surface area contributed by atoms with E-state index in [0.717, 1.165) is 6.42 Å². The molecule has 0 spiro atoms. The molecule has 1 atom stereocenters. The van der Waals surface area contributed by atoms with E-state index >= 15 is 0 Å². The highest BCUT2D eigenvalue weighted by atomic mass is 16.1. The van der Waals surface area contributed by atoms with Gasteiger partial charge in [-0.15, -0.1) is 6.58 Å². The predicted octanol–water partition coefficient (Wildman–Crippen LogP) is 1.90. The van der Waals surface area contributed by atoms with Crippen molar-refractivity contribution in [2.24, 2.45) is 11.7 Å². The molecule has 2 heteroatoms. The second-order valence-corrected chi connectivity index (χ2v) is 3.53. The van der Waals surface area contributed by atoms with Crippen LogP contribution in [-0.4, -0.2) is 11.8 Å². The van der Waals surface area contributed by atoms with Gasteiger partial charge in [-0.2, -0.15) is 0 Å². The van der Waals surface area contributed by atoms with Gasteiger partial charge in [0.1, 0.15) is 5.78 Å². The first-order chi connectivity index (χ1) is 5.57. The van der Waals surface area contributed by atoms with Gasteiger partial charge in [-0.25, -0.2) is 0 Å². The third kappa shape index (κ3) is 5.08. The Morgan fingerprint density at radius 2 is 2.17 bits per heavy atom. The second kappa shape index (κ2) is 5.95. The summed E-state index contributed by atoms with van der Waals surface area (Å²) in [5, 5.41) is 0. The van der Waals surface area contributed by atoms with E-state index in [0.29, 0.717) is 18.8 Å². The molecular weight excluding hydrogens is 150 g/mol. The molecule has 0 aliphatic carbocycles. The zero-order valence-corrected chi connectivity index (χ0v) is 8.05. The van der Waals surface area contributed by atoms with E-state index in [1.54, 1.807) is 6.08 Å². The summed E-state index contributed by atoms with van der Waals surface area (Å²) in [6.07, 6.45) is 3.82. The van der Waals surface area contributed by atoms with E-state index in [9.17, 15) is 4.79 Å². The maximum absolute atomic E-state index is 11.3. The van der Waals surface area contributed by atoms with Gasteiger partial charge >= 0.3 is 0 Å². The highest BCUT2D eigenvalue weighted by Crippen LogP contribution is 2.06. The first-order valence-corrected chi connectivity index (χ1v) is 4.47. The molecule has 1 unspecified atom stereocenters. The van der Waals surface area contributed by atoms with Crippen molar-refractivity contribution in [3.8, 4) is 0 Å². The van der Waals surface area contributed by atoms with Crippen LogP contribution in [0, 0.1) is 5.92 Å². The number of Topliss-reactive ketones (excluding diaryl/α,β-unsaturated/α-hetero) is 1. The molecule has 70 valence electrons. The molecule has 0 saturated carbocycles. The van der Waals surface area contributed by atoms with E-state index in [-0.39, 0.29) is 11.8 Å². The first kappa shape index (κ1) is 11.4. The Kier molecular flexibility index (Phi) is 5.64. The molecule has 0 aromatic heterocycles. The van der Waals surface area contributed by atoms with Gasteiger partial charge in [0.2, 0.25) is 0 Å². The van der Waals surface area contributed by atoms with Gasteiger partial charge in [0.05, 0.1) is 6.04 Å². The zero-order valence-electron chi connectivity index (χ0n) is 8.05. The SMILES string of the molecule is C=CCC(N)C(=O)CCC(C)C. The van der Waals surface area contributed by atoms with E-state index in [2.05, 4.69) is 20.4 Å². The minimum atomic E-state index is -0.332. The molecule has 0 aromatic rings. The molecule has 0 aromatic carbocycles. The number of hydrogen-bond donors (Lipinski definition) is 1. The van der Waals surface area contributed by atoms with Crippen molar-refractivity contribution in [3.05, 3.63) is 12.7 Å². The summed E-state index contributed by atoms with van der Waals surface area (Å²) >= 11 is 0. The number of ketones is 1. The lowest BCUT2D eigenvalue weighted by Crippen LogP contribution is -2.29. The van der Waals surface area contributed by atoms with E-state index in [1.165, 1.54) is 0 Å². The lowest BCUT2D eigenvalue weighted by atomic mass is 10.0. The van der Waals surface area contributed by atoms with Crippen LogP contribution in [-0.2, 0) is 4.79 Å². The molecular formula is C10H19NO. The molecule has 0 amide bonds. The van der Waals surface area contributed by atoms with Crippen molar-refractivity contribution >= 4 is 5.78 Å². The van der Waals surface area contributed by atoms with Crippen LogP contribution in [0.15, 0.2) is 12.7 Å². The summed E-state index contributed by atoms with van der Waals surface area (Å²) < 4.78 is 0. The lowest BCUT2D eigenvalue weighted by molar-refractivity contribution is -0.120.